The summed E-state index contributed by atoms with van der Waals surface area (Å²) in [6.07, 6.45) is 1.94. The molecule has 0 unspecified atom stereocenters. The highest BCUT2D eigenvalue weighted by Gasteiger charge is 2.30. The van der Waals surface area contributed by atoms with Crippen LogP contribution in [-0.2, 0) is 10.0 Å². The number of nitrogens with one attached hydrogen (secondary N) is 2. The van der Waals surface area contributed by atoms with Gasteiger partial charge in [-0.25, -0.2) is 13.1 Å². The number of hydrogen-bond acceptors (Lipinski definition) is 5. The van der Waals surface area contributed by atoms with E-state index >= 15 is 0 Å². The number of aryl methyl sites for hydroxylation is 1. The Kier molecular flexibility index (Phi) is 4.05. The molecule has 0 saturated carbocycles. The molecule has 6 nitrogen and oxygen atoms in total. The molecule has 2 N–H and O–H groups in total. The van der Waals surface area contributed by atoms with E-state index in [1.165, 1.54) is 0 Å². The van der Waals surface area contributed by atoms with Crippen LogP contribution in [0.1, 0.15) is 25.3 Å². The fourth-order valence-corrected chi connectivity index (χ4v) is 4.31. The first kappa shape index (κ1) is 15.6. The van der Waals surface area contributed by atoms with Gasteiger partial charge in [0.25, 0.3) is 0 Å². The zero-order chi connectivity index (χ0) is 15.8. The Morgan fingerprint density at radius 2 is 1.86 bits per heavy atom. The second kappa shape index (κ2) is 5.72. The van der Waals surface area contributed by atoms with Gasteiger partial charge < -0.3 is 14.8 Å². The van der Waals surface area contributed by atoms with Gasteiger partial charge in [0, 0.05) is 12.6 Å². The van der Waals surface area contributed by atoms with Gasteiger partial charge in [-0.2, -0.15) is 0 Å². The van der Waals surface area contributed by atoms with Crippen molar-refractivity contribution in [2.24, 2.45) is 5.41 Å². The normalized spacial score (nSPS) is 20.1. The monoisotopic (exact) mass is 326 g/mol. The molecule has 22 heavy (non-hydrogen) atoms. The number of fused-ring (bicyclic) bond motifs is 1. The lowest BCUT2D eigenvalue weighted by molar-refractivity contribution is 0.174. The van der Waals surface area contributed by atoms with Gasteiger partial charge in [-0.1, -0.05) is 6.92 Å². The molecule has 0 atom stereocenters. The van der Waals surface area contributed by atoms with E-state index < -0.39 is 10.0 Å². The first-order valence-corrected chi connectivity index (χ1v) is 8.99. The van der Waals surface area contributed by atoms with Crippen LogP contribution in [0.3, 0.4) is 0 Å². The van der Waals surface area contributed by atoms with Crippen LogP contribution in [0.4, 0.5) is 0 Å². The summed E-state index contributed by atoms with van der Waals surface area (Å²) in [5, 5.41) is 3.30. The van der Waals surface area contributed by atoms with Gasteiger partial charge in [-0.15, -0.1) is 0 Å². The lowest BCUT2D eigenvalue weighted by Crippen LogP contribution is -2.42. The Hall–Kier alpha value is -1.31. The zero-order valence-corrected chi connectivity index (χ0v) is 13.8. The summed E-state index contributed by atoms with van der Waals surface area (Å²) in [5.74, 6) is 1.08. The molecule has 0 spiro atoms. The Morgan fingerprint density at radius 3 is 2.55 bits per heavy atom. The Bertz CT molecular complexity index is 666. The van der Waals surface area contributed by atoms with E-state index in [9.17, 15) is 8.42 Å². The number of rotatable bonds is 4. The van der Waals surface area contributed by atoms with E-state index in [1.807, 2.05) is 0 Å². The molecule has 2 aliphatic rings. The largest absolute Gasteiger partial charge is 0.454 e. The van der Waals surface area contributed by atoms with E-state index in [0.717, 1.165) is 25.9 Å². The van der Waals surface area contributed by atoms with Crippen LogP contribution in [0.15, 0.2) is 17.0 Å². The van der Waals surface area contributed by atoms with Crippen LogP contribution in [0.2, 0.25) is 0 Å². The molecular formula is C15H22N2O4S. The van der Waals surface area contributed by atoms with Crippen LogP contribution in [0.25, 0.3) is 0 Å². The van der Waals surface area contributed by atoms with Crippen molar-refractivity contribution in [3.8, 4) is 11.5 Å². The lowest BCUT2D eigenvalue weighted by atomic mass is 9.81. The van der Waals surface area contributed by atoms with Crippen molar-refractivity contribution in [3.05, 3.63) is 17.7 Å². The second-order valence-electron chi connectivity index (χ2n) is 6.36. The molecule has 0 radical (unpaired) electrons. The van der Waals surface area contributed by atoms with Crippen molar-refractivity contribution in [1.82, 2.24) is 10.0 Å². The minimum atomic E-state index is -3.56. The summed E-state index contributed by atoms with van der Waals surface area (Å²) >= 11 is 0. The number of piperidine rings is 1. The summed E-state index contributed by atoms with van der Waals surface area (Å²) < 4.78 is 38.5. The van der Waals surface area contributed by atoms with Gasteiger partial charge >= 0.3 is 0 Å². The van der Waals surface area contributed by atoms with Crippen LogP contribution in [-0.4, -0.2) is 34.8 Å². The summed E-state index contributed by atoms with van der Waals surface area (Å²) in [5.41, 5.74) is 0.662. The number of sulfonamides is 1. The predicted octanol–water partition coefficient (Wildman–Crippen LogP) is 1.39. The summed E-state index contributed by atoms with van der Waals surface area (Å²) in [7, 11) is -3.56. The third-order valence-corrected chi connectivity index (χ3v) is 6.00. The van der Waals surface area contributed by atoms with Crippen molar-refractivity contribution < 1.29 is 17.9 Å². The summed E-state index contributed by atoms with van der Waals surface area (Å²) in [6, 6.07) is 3.26. The fourth-order valence-electron chi connectivity index (χ4n) is 2.87. The maximum absolute atomic E-state index is 12.6. The third-order valence-electron chi connectivity index (χ3n) is 4.46. The number of benzene rings is 1. The van der Waals surface area contributed by atoms with E-state index in [1.54, 1.807) is 19.1 Å². The molecular weight excluding hydrogens is 304 g/mol. The van der Waals surface area contributed by atoms with Gasteiger partial charge in [0.1, 0.15) is 0 Å². The molecule has 0 aromatic heterocycles. The minimum Gasteiger partial charge on any atom is -0.454 e. The molecule has 0 amide bonds. The van der Waals surface area contributed by atoms with Crippen molar-refractivity contribution in [3.63, 3.8) is 0 Å². The molecule has 1 aromatic carbocycles. The predicted molar refractivity (Wildman–Crippen MR) is 82.7 cm³/mol. The van der Waals surface area contributed by atoms with Gasteiger partial charge in [0.2, 0.25) is 16.8 Å². The highest BCUT2D eigenvalue weighted by Crippen LogP contribution is 2.36. The third kappa shape index (κ3) is 3.06. The maximum atomic E-state index is 12.6. The smallest absolute Gasteiger partial charge is 0.240 e. The quantitative estimate of drug-likeness (QED) is 0.874. The SMILES string of the molecule is Cc1cc2c(cc1S(=O)(=O)NCC1(C)CCNCC1)OCO2. The van der Waals surface area contributed by atoms with Crippen LogP contribution in [0, 0.1) is 12.3 Å². The molecule has 2 heterocycles. The highest BCUT2D eigenvalue weighted by molar-refractivity contribution is 7.89. The summed E-state index contributed by atoms with van der Waals surface area (Å²) in [4.78, 5) is 0.259. The zero-order valence-electron chi connectivity index (χ0n) is 12.9. The van der Waals surface area contributed by atoms with Crippen molar-refractivity contribution >= 4 is 10.0 Å². The van der Waals surface area contributed by atoms with E-state index in [-0.39, 0.29) is 17.1 Å². The van der Waals surface area contributed by atoms with Gasteiger partial charge in [-0.05, 0) is 49.9 Å². The van der Waals surface area contributed by atoms with Crippen molar-refractivity contribution in [1.29, 1.82) is 0 Å². The first-order chi connectivity index (χ1) is 10.4. The second-order valence-corrected chi connectivity index (χ2v) is 8.09. The Balaban J connectivity index is 1.78. The molecule has 1 aromatic rings. The van der Waals surface area contributed by atoms with Gasteiger partial charge in [0.15, 0.2) is 11.5 Å². The Morgan fingerprint density at radius 1 is 1.23 bits per heavy atom. The van der Waals surface area contributed by atoms with Crippen LogP contribution in [0.5, 0.6) is 11.5 Å². The highest BCUT2D eigenvalue weighted by atomic mass is 32.2. The topological polar surface area (TPSA) is 76.7 Å². The first-order valence-electron chi connectivity index (χ1n) is 7.50. The van der Waals surface area contributed by atoms with Crippen molar-refractivity contribution in [2.45, 2.75) is 31.6 Å². The standard InChI is InChI=1S/C15H22N2O4S/c1-11-7-12-13(21-10-20-12)8-14(11)22(18,19)17-9-15(2)3-5-16-6-4-15/h7-8,16-17H,3-6,9-10H2,1-2H3. The maximum Gasteiger partial charge on any atom is 0.240 e. The molecule has 0 aliphatic carbocycles. The van der Waals surface area contributed by atoms with E-state index in [0.29, 0.717) is 23.6 Å². The Labute approximate surface area is 131 Å². The molecule has 1 fully saturated rings. The lowest BCUT2D eigenvalue weighted by Gasteiger charge is -2.34. The summed E-state index contributed by atoms with van der Waals surface area (Å²) in [6.45, 7) is 6.34. The van der Waals surface area contributed by atoms with Crippen LogP contribution < -0.4 is 19.5 Å². The molecule has 0 bridgehead atoms. The fraction of sp³-hybridized carbons (Fsp3) is 0.600. The average molecular weight is 326 g/mol. The van der Waals surface area contributed by atoms with E-state index in [4.69, 9.17) is 9.47 Å². The van der Waals surface area contributed by atoms with Gasteiger partial charge in [-0.3, -0.25) is 0 Å². The average Bonchev–Trinajstić information content (AvgIpc) is 2.92. The van der Waals surface area contributed by atoms with E-state index in [2.05, 4.69) is 17.0 Å². The molecule has 122 valence electrons. The minimum absolute atomic E-state index is 0.00254. The van der Waals surface area contributed by atoms with Crippen LogP contribution >= 0.6 is 0 Å². The molecule has 7 heteroatoms. The van der Waals surface area contributed by atoms with Gasteiger partial charge in [0.05, 0.1) is 4.90 Å². The molecule has 2 aliphatic heterocycles. The number of ether oxygens (including phenoxy) is 2. The van der Waals surface area contributed by atoms with Crippen molar-refractivity contribution in [2.75, 3.05) is 26.4 Å². The molecule has 3 rings (SSSR count). The number of hydrogen-bond donors (Lipinski definition) is 2. The molecule has 1 saturated heterocycles.